The molecule has 25 heavy (non-hydrogen) atoms. The molecule has 1 N–H and O–H groups in total. The molecule has 5 heteroatoms. The first-order chi connectivity index (χ1) is 12.2. The van der Waals surface area contributed by atoms with Gasteiger partial charge in [-0.3, -0.25) is 4.79 Å². The quantitative estimate of drug-likeness (QED) is 0.846. The van der Waals surface area contributed by atoms with Crippen LogP contribution in [0.5, 0.6) is 5.75 Å². The molecule has 2 heterocycles. The highest BCUT2D eigenvalue weighted by Gasteiger charge is 2.14. The highest BCUT2D eigenvalue weighted by Crippen LogP contribution is 2.22. The third-order valence-corrected chi connectivity index (χ3v) is 4.28. The van der Waals surface area contributed by atoms with Crippen molar-refractivity contribution in [3.05, 3.63) is 53.7 Å². The highest BCUT2D eigenvalue weighted by molar-refractivity contribution is 6.02. The molecule has 0 unspecified atom stereocenters. The number of nitrogens with one attached hydrogen (secondary N) is 1. The van der Waals surface area contributed by atoms with E-state index in [2.05, 4.69) is 15.2 Å². The van der Waals surface area contributed by atoms with Crippen LogP contribution in [0.1, 0.15) is 24.1 Å². The maximum absolute atomic E-state index is 12.2. The van der Waals surface area contributed by atoms with E-state index in [9.17, 15) is 4.79 Å². The van der Waals surface area contributed by atoms with Crippen LogP contribution in [0.25, 0.3) is 6.08 Å². The molecule has 0 atom stereocenters. The molecule has 0 aliphatic carbocycles. The van der Waals surface area contributed by atoms with Crippen molar-refractivity contribution in [3.8, 4) is 5.75 Å². The minimum Gasteiger partial charge on any atom is -0.497 e. The molecular formula is C20H23N3O2. The van der Waals surface area contributed by atoms with Gasteiger partial charge >= 0.3 is 0 Å². The van der Waals surface area contributed by atoms with E-state index in [4.69, 9.17) is 4.74 Å². The Morgan fingerprint density at radius 1 is 1.24 bits per heavy atom. The zero-order valence-corrected chi connectivity index (χ0v) is 14.7. The molecule has 0 radical (unpaired) electrons. The first-order valence-corrected chi connectivity index (χ1v) is 8.51. The Labute approximate surface area is 148 Å². The fraction of sp³-hybridized carbons (Fsp3) is 0.300. The Hall–Kier alpha value is -2.82. The first-order valence-electron chi connectivity index (χ1n) is 8.51. The van der Waals surface area contributed by atoms with Gasteiger partial charge in [-0.2, -0.15) is 0 Å². The Bertz CT molecular complexity index is 780. The molecule has 1 amide bonds. The number of aromatic nitrogens is 1. The van der Waals surface area contributed by atoms with Gasteiger partial charge in [0.25, 0.3) is 0 Å². The Kier molecular flexibility index (Phi) is 5.33. The van der Waals surface area contributed by atoms with Crippen LogP contribution in [0.2, 0.25) is 0 Å². The topological polar surface area (TPSA) is 54.5 Å². The van der Waals surface area contributed by atoms with Crippen molar-refractivity contribution < 1.29 is 9.53 Å². The van der Waals surface area contributed by atoms with Crippen LogP contribution in [0, 0.1) is 6.92 Å². The second-order valence-corrected chi connectivity index (χ2v) is 6.10. The molecule has 5 nitrogen and oxygen atoms in total. The molecule has 1 aromatic carbocycles. The summed E-state index contributed by atoms with van der Waals surface area (Å²) in [6, 6.07) is 11.5. The molecule has 130 valence electrons. The number of ether oxygens (including phenoxy) is 1. The van der Waals surface area contributed by atoms with Gasteiger partial charge in [-0.15, -0.1) is 0 Å². The monoisotopic (exact) mass is 337 g/mol. The Morgan fingerprint density at radius 2 is 2.04 bits per heavy atom. The average molecular weight is 337 g/mol. The minimum absolute atomic E-state index is 0.179. The van der Waals surface area contributed by atoms with Crippen molar-refractivity contribution in [2.45, 2.75) is 19.8 Å². The van der Waals surface area contributed by atoms with Crippen molar-refractivity contribution in [2.24, 2.45) is 0 Å². The summed E-state index contributed by atoms with van der Waals surface area (Å²) in [5.41, 5.74) is 2.48. The summed E-state index contributed by atoms with van der Waals surface area (Å²) in [6.45, 7) is 4.03. The van der Waals surface area contributed by atoms with Gasteiger partial charge in [0.05, 0.1) is 18.5 Å². The maximum atomic E-state index is 12.2. The number of nitrogens with zero attached hydrogens (tertiary/aromatic N) is 2. The third kappa shape index (κ3) is 4.38. The molecule has 1 fully saturated rings. The zero-order chi connectivity index (χ0) is 17.6. The molecule has 1 aliphatic rings. The maximum Gasteiger partial charge on any atom is 0.248 e. The van der Waals surface area contributed by atoms with E-state index >= 15 is 0 Å². The fourth-order valence-electron chi connectivity index (χ4n) is 2.89. The van der Waals surface area contributed by atoms with Crippen LogP contribution in [0.15, 0.2) is 42.5 Å². The zero-order valence-electron chi connectivity index (χ0n) is 14.7. The van der Waals surface area contributed by atoms with Gasteiger partial charge in [0, 0.05) is 19.2 Å². The van der Waals surface area contributed by atoms with Crippen LogP contribution in [0.4, 0.5) is 11.5 Å². The third-order valence-electron chi connectivity index (χ3n) is 4.28. The summed E-state index contributed by atoms with van der Waals surface area (Å²) in [7, 11) is 1.62. The first kappa shape index (κ1) is 17.0. The summed E-state index contributed by atoms with van der Waals surface area (Å²) in [5.74, 6) is 1.57. The summed E-state index contributed by atoms with van der Waals surface area (Å²) in [5, 5.41) is 2.89. The number of methoxy groups -OCH3 is 1. The van der Waals surface area contributed by atoms with Crippen molar-refractivity contribution >= 4 is 23.5 Å². The summed E-state index contributed by atoms with van der Waals surface area (Å²) >= 11 is 0. The second kappa shape index (κ2) is 7.83. The predicted molar refractivity (Wildman–Crippen MR) is 101 cm³/mol. The Balaban J connectivity index is 1.65. The number of aryl methyl sites for hydroxylation is 1. The van der Waals surface area contributed by atoms with Crippen LogP contribution in [-0.2, 0) is 4.79 Å². The average Bonchev–Trinajstić information content (AvgIpc) is 3.16. The molecule has 1 aromatic heterocycles. The smallest absolute Gasteiger partial charge is 0.248 e. The molecule has 0 saturated carbocycles. The number of amides is 1. The number of hydrogen-bond donors (Lipinski definition) is 1. The lowest BCUT2D eigenvalue weighted by atomic mass is 10.2. The summed E-state index contributed by atoms with van der Waals surface area (Å²) in [6.07, 6.45) is 5.71. The van der Waals surface area contributed by atoms with Gasteiger partial charge in [-0.05, 0) is 55.7 Å². The van der Waals surface area contributed by atoms with Gasteiger partial charge < -0.3 is 15.0 Å². The molecule has 2 aromatic rings. The van der Waals surface area contributed by atoms with Crippen molar-refractivity contribution in [3.63, 3.8) is 0 Å². The number of benzene rings is 1. The summed E-state index contributed by atoms with van der Waals surface area (Å²) in [4.78, 5) is 19.1. The number of rotatable bonds is 5. The predicted octanol–water partition coefficient (Wildman–Crippen LogP) is 3.65. The van der Waals surface area contributed by atoms with Gasteiger partial charge in [0.1, 0.15) is 11.6 Å². The second-order valence-electron chi connectivity index (χ2n) is 6.10. The normalized spacial score (nSPS) is 14.1. The Morgan fingerprint density at radius 3 is 2.76 bits per heavy atom. The number of carbonyl (C=O) groups is 1. The van der Waals surface area contributed by atoms with Crippen molar-refractivity contribution in [1.82, 2.24) is 4.98 Å². The highest BCUT2D eigenvalue weighted by atomic mass is 16.5. The van der Waals surface area contributed by atoms with Crippen LogP contribution >= 0.6 is 0 Å². The van der Waals surface area contributed by atoms with E-state index < -0.39 is 0 Å². The lowest BCUT2D eigenvalue weighted by Crippen LogP contribution is -2.19. The van der Waals surface area contributed by atoms with Crippen molar-refractivity contribution in [1.29, 1.82) is 0 Å². The lowest BCUT2D eigenvalue weighted by Gasteiger charge is -2.17. The number of anilines is 2. The van der Waals surface area contributed by atoms with E-state index in [0.717, 1.165) is 41.6 Å². The summed E-state index contributed by atoms with van der Waals surface area (Å²) < 4.78 is 5.18. The number of hydrogen-bond acceptors (Lipinski definition) is 4. The molecule has 1 aliphatic heterocycles. The van der Waals surface area contributed by atoms with E-state index in [0.29, 0.717) is 0 Å². The standard InChI is InChI=1S/C20H23N3O2/c1-15-18(9-10-19(21-15)23-12-3-4-13-23)22-20(24)11-8-16-6-5-7-17(14-16)25-2/h5-11,14H,3-4,12-13H2,1-2H3,(H,22,24)/b11-8+. The SMILES string of the molecule is COc1cccc(/C=C/C(=O)Nc2ccc(N3CCCC3)nc2C)c1. The van der Waals surface area contributed by atoms with Crippen LogP contribution in [0.3, 0.4) is 0 Å². The largest absolute Gasteiger partial charge is 0.497 e. The molecule has 3 rings (SSSR count). The van der Waals surface area contributed by atoms with E-state index in [1.54, 1.807) is 13.2 Å². The van der Waals surface area contributed by atoms with E-state index in [-0.39, 0.29) is 5.91 Å². The molecular weight excluding hydrogens is 314 g/mol. The van der Waals surface area contributed by atoms with Gasteiger partial charge in [0.15, 0.2) is 0 Å². The van der Waals surface area contributed by atoms with E-state index in [1.165, 1.54) is 18.9 Å². The van der Waals surface area contributed by atoms with Gasteiger partial charge in [0.2, 0.25) is 5.91 Å². The fourth-order valence-corrected chi connectivity index (χ4v) is 2.89. The lowest BCUT2D eigenvalue weighted by molar-refractivity contribution is -0.111. The minimum atomic E-state index is -0.179. The number of pyridine rings is 1. The van der Waals surface area contributed by atoms with E-state index in [1.807, 2.05) is 43.3 Å². The molecule has 1 saturated heterocycles. The van der Waals surface area contributed by atoms with Gasteiger partial charge in [-0.25, -0.2) is 4.98 Å². The molecule has 0 bridgehead atoms. The van der Waals surface area contributed by atoms with Crippen LogP contribution in [-0.4, -0.2) is 31.1 Å². The van der Waals surface area contributed by atoms with Crippen LogP contribution < -0.4 is 15.0 Å². The van der Waals surface area contributed by atoms with Crippen molar-refractivity contribution in [2.75, 3.05) is 30.4 Å². The van der Waals surface area contributed by atoms with Gasteiger partial charge in [-0.1, -0.05) is 12.1 Å². The molecule has 0 spiro atoms. The number of carbonyl (C=O) groups excluding carboxylic acids is 1.